The van der Waals surface area contributed by atoms with Crippen LogP contribution >= 0.6 is 11.8 Å². The van der Waals surface area contributed by atoms with Gasteiger partial charge in [-0.1, -0.05) is 23.9 Å². The molecule has 1 aliphatic rings. The summed E-state index contributed by atoms with van der Waals surface area (Å²) in [7, 11) is 0. The highest BCUT2D eigenvalue weighted by atomic mass is 32.2. The molecular weight excluding hydrogens is 421 g/mol. The molecular formula is C22H20FN3O4S. The SMILES string of the molecule is CCOC(=O)CSC1=C(C#N)[C@@H](c2ccco2)C(C(=O)Nc2ccccc2F)=C(C)N1. The third-order valence-electron chi connectivity index (χ3n) is 4.48. The summed E-state index contributed by atoms with van der Waals surface area (Å²) in [6.45, 7) is 3.64. The number of furan rings is 1. The number of nitrogens with one attached hydrogen (secondary N) is 2. The molecule has 1 amide bonds. The number of anilines is 1. The number of ether oxygens (including phenoxy) is 1. The predicted octanol–water partition coefficient (Wildman–Crippen LogP) is 4.05. The Morgan fingerprint density at radius 1 is 1.32 bits per heavy atom. The number of nitriles is 1. The van der Waals surface area contributed by atoms with E-state index in [9.17, 15) is 19.2 Å². The summed E-state index contributed by atoms with van der Waals surface area (Å²) in [5, 5.41) is 15.9. The number of benzene rings is 1. The zero-order valence-corrected chi connectivity index (χ0v) is 17.7. The van der Waals surface area contributed by atoms with Gasteiger partial charge >= 0.3 is 5.97 Å². The van der Waals surface area contributed by atoms with E-state index in [1.54, 1.807) is 32.0 Å². The Kier molecular flexibility index (Phi) is 7.15. The molecule has 1 atom stereocenters. The Hall–Kier alpha value is -3.51. The molecule has 2 N–H and O–H groups in total. The summed E-state index contributed by atoms with van der Waals surface area (Å²) in [6, 6.07) is 11.2. The lowest BCUT2D eigenvalue weighted by atomic mass is 9.85. The van der Waals surface area contributed by atoms with E-state index in [1.165, 1.54) is 24.5 Å². The molecule has 0 bridgehead atoms. The molecule has 7 nitrogen and oxygen atoms in total. The van der Waals surface area contributed by atoms with Crippen LogP contribution in [0.3, 0.4) is 0 Å². The average Bonchev–Trinajstić information content (AvgIpc) is 3.28. The number of allylic oxidation sites excluding steroid dienone is 2. The van der Waals surface area contributed by atoms with E-state index >= 15 is 0 Å². The van der Waals surface area contributed by atoms with E-state index < -0.39 is 23.6 Å². The van der Waals surface area contributed by atoms with E-state index in [2.05, 4.69) is 16.7 Å². The Balaban J connectivity index is 1.97. The first-order valence-corrected chi connectivity index (χ1v) is 10.4. The van der Waals surface area contributed by atoms with Crippen molar-refractivity contribution in [2.45, 2.75) is 19.8 Å². The summed E-state index contributed by atoms with van der Waals surface area (Å²) in [6.07, 6.45) is 1.44. The number of para-hydroxylation sites is 1. The summed E-state index contributed by atoms with van der Waals surface area (Å²) >= 11 is 1.11. The zero-order chi connectivity index (χ0) is 22.4. The van der Waals surface area contributed by atoms with Gasteiger partial charge in [-0.15, -0.1) is 0 Å². The standard InChI is InChI=1S/C22H20FN3O4S/c1-3-29-18(27)12-31-22-14(11-24)20(17-9-6-10-30-17)19(13(2)25-22)21(28)26-16-8-5-4-7-15(16)23/h4-10,20,25H,3,12H2,1-2H3,(H,26,28)/t20-/m0/s1. The van der Waals surface area contributed by atoms with Gasteiger partial charge in [-0.25, -0.2) is 4.39 Å². The van der Waals surface area contributed by atoms with Crippen LogP contribution in [0.5, 0.6) is 0 Å². The number of carbonyl (C=O) groups excluding carboxylic acids is 2. The maximum Gasteiger partial charge on any atom is 0.316 e. The second-order valence-corrected chi connectivity index (χ2v) is 7.48. The minimum Gasteiger partial charge on any atom is -0.468 e. The molecule has 0 fully saturated rings. The first-order chi connectivity index (χ1) is 15.0. The van der Waals surface area contributed by atoms with E-state index in [0.29, 0.717) is 16.5 Å². The van der Waals surface area contributed by atoms with E-state index in [1.807, 2.05) is 0 Å². The number of nitrogens with zero attached hydrogens (tertiary/aromatic N) is 1. The van der Waals surface area contributed by atoms with Gasteiger partial charge in [0.1, 0.15) is 11.6 Å². The van der Waals surface area contributed by atoms with Crippen molar-refractivity contribution in [3.8, 4) is 6.07 Å². The van der Waals surface area contributed by atoms with Gasteiger partial charge in [0.25, 0.3) is 5.91 Å². The van der Waals surface area contributed by atoms with Gasteiger partial charge < -0.3 is 19.8 Å². The minimum atomic E-state index is -0.822. The van der Waals surface area contributed by atoms with Crippen LogP contribution in [-0.4, -0.2) is 24.2 Å². The monoisotopic (exact) mass is 441 g/mol. The fraction of sp³-hybridized carbons (Fsp3) is 0.227. The number of rotatable bonds is 7. The number of dihydropyridines is 1. The van der Waals surface area contributed by atoms with Crippen molar-refractivity contribution in [1.82, 2.24) is 5.32 Å². The molecule has 2 heterocycles. The third kappa shape index (κ3) is 4.98. The van der Waals surface area contributed by atoms with Gasteiger partial charge in [0, 0.05) is 5.70 Å². The van der Waals surface area contributed by atoms with Gasteiger partial charge in [-0.2, -0.15) is 5.26 Å². The largest absolute Gasteiger partial charge is 0.468 e. The van der Waals surface area contributed by atoms with Crippen LogP contribution in [0.4, 0.5) is 10.1 Å². The molecule has 1 aliphatic heterocycles. The molecule has 9 heteroatoms. The Morgan fingerprint density at radius 3 is 2.74 bits per heavy atom. The molecule has 0 saturated heterocycles. The minimum absolute atomic E-state index is 0.00371. The lowest BCUT2D eigenvalue weighted by Gasteiger charge is -2.28. The fourth-order valence-corrected chi connectivity index (χ4v) is 4.04. The zero-order valence-electron chi connectivity index (χ0n) is 16.9. The van der Waals surface area contributed by atoms with Crippen molar-refractivity contribution in [2.75, 3.05) is 17.7 Å². The van der Waals surface area contributed by atoms with Gasteiger partial charge in [0.05, 0.1) is 52.5 Å². The number of thioether (sulfide) groups is 1. The molecule has 2 aromatic rings. The summed E-state index contributed by atoms with van der Waals surface area (Å²) < 4.78 is 24.5. The Labute approximate surface area is 182 Å². The van der Waals surface area contributed by atoms with E-state index in [-0.39, 0.29) is 29.2 Å². The maximum absolute atomic E-state index is 14.1. The van der Waals surface area contributed by atoms with Gasteiger partial charge in [0.2, 0.25) is 0 Å². The lowest BCUT2D eigenvalue weighted by Crippen LogP contribution is -2.31. The summed E-state index contributed by atoms with van der Waals surface area (Å²) in [5.41, 5.74) is 0.917. The number of carbonyl (C=O) groups is 2. The smallest absolute Gasteiger partial charge is 0.316 e. The second-order valence-electron chi connectivity index (χ2n) is 6.49. The summed E-state index contributed by atoms with van der Waals surface area (Å²) in [4.78, 5) is 24.9. The van der Waals surface area contributed by atoms with Crippen LogP contribution in [0, 0.1) is 17.1 Å². The molecule has 1 aromatic carbocycles. The van der Waals surface area contributed by atoms with Crippen LogP contribution in [0.1, 0.15) is 25.5 Å². The Bertz CT molecular complexity index is 1090. The van der Waals surface area contributed by atoms with Crippen molar-refractivity contribution in [3.63, 3.8) is 0 Å². The van der Waals surface area contributed by atoms with Crippen LogP contribution in [0.15, 0.2) is 69.0 Å². The number of hydrogen-bond acceptors (Lipinski definition) is 7. The highest BCUT2D eigenvalue weighted by molar-refractivity contribution is 8.03. The average molecular weight is 441 g/mol. The van der Waals surface area contributed by atoms with Gasteiger partial charge in [-0.3, -0.25) is 9.59 Å². The highest BCUT2D eigenvalue weighted by Gasteiger charge is 2.36. The summed E-state index contributed by atoms with van der Waals surface area (Å²) in [5.74, 6) is -2.01. The highest BCUT2D eigenvalue weighted by Crippen LogP contribution is 2.41. The quantitative estimate of drug-likeness (QED) is 0.625. The van der Waals surface area contributed by atoms with Crippen LogP contribution in [-0.2, 0) is 14.3 Å². The second kappa shape index (κ2) is 10.00. The van der Waals surface area contributed by atoms with Gasteiger partial charge in [0.15, 0.2) is 0 Å². The van der Waals surface area contributed by atoms with Crippen LogP contribution in [0.25, 0.3) is 0 Å². The number of hydrogen-bond donors (Lipinski definition) is 2. The van der Waals surface area contributed by atoms with Crippen molar-refractivity contribution >= 4 is 29.3 Å². The normalized spacial score (nSPS) is 15.9. The molecule has 0 unspecified atom stereocenters. The molecule has 0 radical (unpaired) electrons. The number of amides is 1. The number of halogens is 1. The van der Waals surface area contributed by atoms with E-state index in [4.69, 9.17) is 9.15 Å². The molecule has 160 valence electrons. The lowest BCUT2D eigenvalue weighted by molar-refractivity contribution is -0.139. The molecule has 1 aromatic heterocycles. The fourth-order valence-electron chi connectivity index (χ4n) is 3.15. The maximum atomic E-state index is 14.1. The molecule has 31 heavy (non-hydrogen) atoms. The van der Waals surface area contributed by atoms with Crippen molar-refractivity contribution in [3.05, 3.63) is 76.1 Å². The van der Waals surface area contributed by atoms with E-state index in [0.717, 1.165) is 11.8 Å². The van der Waals surface area contributed by atoms with Crippen molar-refractivity contribution in [2.24, 2.45) is 0 Å². The first-order valence-electron chi connectivity index (χ1n) is 9.46. The number of esters is 1. The van der Waals surface area contributed by atoms with Crippen molar-refractivity contribution < 1.29 is 23.1 Å². The van der Waals surface area contributed by atoms with Crippen molar-refractivity contribution in [1.29, 1.82) is 5.26 Å². The topological polar surface area (TPSA) is 104 Å². The predicted molar refractivity (Wildman–Crippen MR) is 114 cm³/mol. The van der Waals surface area contributed by atoms with Crippen LogP contribution < -0.4 is 10.6 Å². The molecule has 0 saturated carbocycles. The van der Waals surface area contributed by atoms with Gasteiger partial charge in [-0.05, 0) is 38.1 Å². The Morgan fingerprint density at radius 2 is 2.10 bits per heavy atom. The molecule has 0 aliphatic carbocycles. The first kappa shape index (κ1) is 22.2. The van der Waals surface area contributed by atoms with Crippen LogP contribution in [0.2, 0.25) is 0 Å². The molecule has 0 spiro atoms. The third-order valence-corrected chi connectivity index (χ3v) is 5.47. The molecule has 3 rings (SSSR count).